The van der Waals surface area contributed by atoms with Gasteiger partial charge in [-0.2, -0.15) is 0 Å². The first-order valence-corrected chi connectivity index (χ1v) is 7.30. The highest BCUT2D eigenvalue weighted by Gasteiger charge is 2.14. The summed E-state index contributed by atoms with van der Waals surface area (Å²) in [5, 5.41) is 3.32. The number of nitrogens with two attached hydrogens (primary N) is 1. The Bertz CT molecular complexity index is 641. The minimum absolute atomic E-state index is 0.0464. The number of anilines is 2. The Labute approximate surface area is 132 Å². The molecular formula is C16H17BrN2O2. The lowest BCUT2D eigenvalue weighted by atomic mass is 10.1. The summed E-state index contributed by atoms with van der Waals surface area (Å²) in [6, 6.07) is 13.2. The van der Waals surface area contributed by atoms with Crippen LogP contribution in [0.1, 0.15) is 28.9 Å². The topological polar surface area (TPSA) is 64.3 Å². The van der Waals surface area contributed by atoms with Crippen molar-refractivity contribution in [1.82, 2.24) is 0 Å². The van der Waals surface area contributed by atoms with Gasteiger partial charge in [0.15, 0.2) is 0 Å². The van der Waals surface area contributed by atoms with Crippen LogP contribution in [-0.2, 0) is 4.74 Å². The first-order valence-electron chi connectivity index (χ1n) is 6.51. The Morgan fingerprint density at radius 3 is 2.52 bits per heavy atom. The molecule has 2 aromatic rings. The number of esters is 1. The van der Waals surface area contributed by atoms with Crippen molar-refractivity contribution < 1.29 is 9.53 Å². The fraction of sp³-hybridized carbons (Fsp3) is 0.188. The predicted molar refractivity (Wildman–Crippen MR) is 88.4 cm³/mol. The molecule has 0 saturated carbocycles. The van der Waals surface area contributed by atoms with Gasteiger partial charge in [-0.1, -0.05) is 28.1 Å². The lowest BCUT2D eigenvalue weighted by Crippen LogP contribution is -2.12. The molecule has 5 heteroatoms. The molecule has 0 heterocycles. The number of hydrogen-bond donors (Lipinski definition) is 2. The fourth-order valence-electron chi connectivity index (χ4n) is 2.03. The number of nitrogens with one attached hydrogen (secondary N) is 1. The number of carbonyl (C=O) groups is 1. The van der Waals surface area contributed by atoms with Crippen LogP contribution < -0.4 is 11.1 Å². The van der Waals surface area contributed by atoms with Crippen molar-refractivity contribution in [3.63, 3.8) is 0 Å². The molecule has 0 aliphatic rings. The van der Waals surface area contributed by atoms with Crippen LogP contribution in [0, 0.1) is 0 Å². The molecule has 1 unspecified atom stereocenters. The normalized spacial score (nSPS) is 11.8. The summed E-state index contributed by atoms with van der Waals surface area (Å²) >= 11 is 3.41. The third-order valence-electron chi connectivity index (χ3n) is 3.19. The number of carbonyl (C=O) groups excluding carboxylic acids is 1. The van der Waals surface area contributed by atoms with Crippen LogP contribution in [0.15, 0.2) is 46.9 Å². The highest BCUT2D eigenvalue weighted by molar-refractivity contribution is 9.10. The summed E-state index contributed by atoms with van der Waals surface area (Å²) in [5.41, 5.74) is 8.51. The van der Waals surface area contributed by atoms with E-state index in [2.05, 4.69) is 21.2 Å². The van der Waals surface area contributed by atoms with Crippen LogP contribution in [0.4, 0.5) is 11.4 Å². The van der Waals surface area contributed by atoms with Gasteiger partial charge in [0.1, 0.15) is 0 Å². The molecule has 4 nitrogen and oxygen atoms in total. The number of hydrogen-bond acceptors (Lipinski definition) is 4. The average molecular weight is 349 g/mol. The zero-order valence-electron chi connectivity index (χ0n) is 11.9. The summed E-state index contributed by atoms with van der Waals surface area (Å²) in [5.74, 6) is -0.409. The van der Waals surface area contributed by atoms with Gasteiger partial charge in [-0.15, -0.1) is 0 Å². The molecule has 0 aromatic heterocycles. The van der Waals surface area contributed by atoms with E-state index in [1.165, 1.54) is 7.11 Å². The molecule has 0 radical (unpaired) electrons. The molecule has 2 aromatic carbocycles. The van der Waals surface area contributed by atoms with Crippen LogP contribution >= 0.6 is 15.9 Å². The highest BCUT2D eigenvalue weighted by atomic mass is 79.9. The summed E-state index contributed by atoms with van der Waals surface area (Å²) in [7, 11) is 1.35. The number of methoxy groups -OCH3 is 1. The second-order valence-electron chi connectivity index (χ2n) is 4.71. The van der Waals surface area contributed by atoms with Crippen LogP contribution in [0.3, 0.4) is 0 Å². The van der Waals surface area contributed by atoms with Crippen molar-refractivity contribution in [3.05, 3.63) is 58.1 Å². The van der Waals surface area contributed by atoms with Gasteiger partial charge in [0.25, 0.3) is 0 Å². The standard InChI is InChI=1S/C16H17BrN2O2/c1-10(11-3-5-12(17)6-4-11)19-15-8-7-13(18)9-14(15)16(20)21-2/h3-10,19H,18H2,1-2H3. The van der Waals surface area contributed by atoms with Gasteiger partial charge in [-0.25, -0.2) is 4.79 Å². The second kappa shape index (κ2) is 6.63. The van der Waals surface area contributed by atoms with E-state index in [9.17, 15) is 4.79 Å². The molecular weight excluding hydrogens is 332 g/mol. The molecule has 2 rings (SSSR count). The quantitative estimate of drug-likeness (QED) is 0.647. The molecule has 21 heavy (non-hydrogen) atoms. The first-order chi connectivity index (χ1) is 10.0. The third-order valence-corrected chi connectivity index (χ3v) is 3.72. The maximum Gasteiger partial charge on any atom is 0.340 e. The van der Waals surface area contributed by atoms with E-state index < -0.39 is 5.97 Å². The van der Waals surface area contributed by atoms with Crippen LogP contribution in [0.25, 0.3) is 0 Å². The van der Waals surface area contributed by atoms with Crippen LogP contribution in [-0.4, -0.2) is 13.1 Å². The Hall–Kier alpha value is -2.01. The molecule has 0 fully saturated rings. The van der Waals surface area contributed by atoms with Crippen molar-refractivity contribution in [1.29, 1.82) is 0 Å². The van der Waals surface area contributed by atoms with Crippen LogP contribution in [0.5, 0.6) is 0 Å². The number of benzene rings is 2. The van der Waals surface area contributed by atoms with E-state index in [4.69, 9.17) is 10.5 Å². The smallest absolute Gasteiger partial charge is 0.340 e. The molecule has 0 aliphatic carbocycles. The van der Waals surface area contributed by atoms with Gasteiger partial charge in [0.05, 0.1) is 12.7 Å². The maximum atomic E-state index is 11.8. The van der Waals surface area contributed by atoms with Crippen LogP contribution in [0.2, 0.25) is 0 Å². The van der Waals surface area contributed by atoms with Gasteiger partial charge in [0.2, 0.25) is 0 Å². The van der Waals surface area contributed by atoms with Gasteiger partial charge < -0.3 is 15.8 Å². The highest BCUT2D eigenvalue weighted by Crippen LogP contribution is 2.25. The molecule has 0 bridgehead atoms. The van der Waals surface area contributed by atoms with Crippen molar-refractivity contribution in [2.24, 2.45) is 0 Å². The van der Waals surface area contributed by atoms with E-state index in [-0.39, 0.29) is 6.04 Å². The molecule has 1 atom stereocenters. The fourth-order valence-corrected chi connectivity index (χ4v) is 2.30. The Morgan fingerprint density at radius 2 is 1.90 bits per heavy atom. The molecule has 0 spiro atoms. The predicted octanol–water partition coefficient (Wildman–Crippen LogP) is 3.99. The Kier molecular flexibility index (Phi) is 4.85. The van der Waals surface area contributed by atoms with Crippen molar-refractivity contribution >= 4 is 33.3 Å². The summed E-state index contributed by atoms with van der Waals surface area (Å²) < 4.78 is 5.82. The van der Waals surface area contributed by atoms with Gasteiger partial charge in [0, 0.05) is 21.9 Å². The minimum Gasteiger partial charge on any atom is -0.465 e. The zero-order valence-corrected chi connectivity index (χ0v) is 13.5. The number of nitrogen functional groups attached to an aromatic ring is 1. The summed E-state index contributed by atoms with van der Waals surface area (Å²) in [6.45, 7) is 2.03. The first kappa shape index (κ1) is 15.4. The van der Waals surface area contributed by atoms with Crippen molar-refractivity contribution in [2.75, 3.05) is 18.2 Å². The van der Waals surface area contributed by atoms with E-state index >= 15 is 0 Å². The zero-order chi connectivity index (χ0) is 15.4. The maximum absolute atomic E-state index is 11.8. The molecule has 0 amide bonds. The third kappa shape index (κ3) is 3.76. The molecule has 3 N–H and O–H groups in total. The Balaban J connectivity index is 2.26. The van der Waals surface area contributed by atoms with Gasteiger partial charge in [-0.3, -0.25) is 0 Å². The monoisotopic (exact) mass is 348 g/mol. The molecule has 0 aliphatic heterocycles. The van der Waals surface area contributed by atoms with Gasteiger partial charge >= 0.3 is 5.97 Å². The Morgan fingerprint density at radius 1 is 1.24 bits per heavy atom. The number of rotatable bonds is 4. The SMILES string of the molecule is COC(=O)c1cc(N)ccc1NC(C)c1ccc(Br)cc1. The summed E-state index contributed by atoms with van der Waals surface area (Å²) in [6.07, 6.45) is 0. The lowest BCUT2D eigenvalue weighted by molar-refractivity contribution is 0.0602. The van der Waals surface area contributed by atoms with Crippen molar-refractivity contribution in [2.45, 2.75) is 13.0 Å². The number of halogens is 1. The van der Waals surface area contributed by atoms with E-state index in [1.807, 2.05) is 31.2 Å². The van der Waals surface area contributed by atoms with E-state index in [1.54, 1.807) is 18.2 Å². The summed E-state index contributed by atoms with van der Waals surface area (Å²) in [4.78, 5) is 11.8. The number of ether oxygens (including phenoxy) is 1. The largest absolute Gasteiger partial charge is 0.465 e. The van der Waals surface area contributed by atoms with Crippen molar-refractivity contribution in [3.8, 4) is 0 Å². The van der Waals surface area contributed by atoms with E-state index in [0.717, 1.165) is 10.0 Å². The average Bonchev–Trinajstić information content (AvgIpc) is 2.48. The lowest BCUT2D eigenvalue weighted by Gasteiger charge is -2.18. The van der Waals surface area contributed by atoms with E-state index in [0.29, 0.717) is 16.9 Å². The second-order valence-corrected chi connectivity index (χ2v) is 5.63. The molecule has 0 saturated heterocycles. The minimum atomic E-state index is -0.409. The molecule has 110 valence electrons. The van der Waals surface area contributed by atoms with Gasteiger partial charge in [-0.05, 0) is 42.8 Å².